The highest BCUT2D eigenvalue weighted by atomic mass is 79.9. The van der Waals surface area contributed by atoms with E-state index in [-0.39, 0.29) is 0 Å². The van der Waals surface area contributed by atoms with Crippen LogP contribution in [0.25, 0.3) is 0 Å². The Morgan fingerprint density at radius 2 is 1.84 bits per heavy atom. The number of ether oxygens (including phenoxy) is 2. The van der Waals surface area contributed by atoms with Gasteiger partial charge in [0, 0.05) is 23.4 Å². The van der Waals surface area contributed by atoms with Crippen molar-refractivity contribution in [3.8, 4) is 11.5 Å². The molecule has 0 heterocycles. The second-order valence-corrected chi connectivity index (χ2v) is 4.75. The number of methoxy groups -OCH3 is 1. The number of hydrogen-bond acceptors (Lipinski definition) is 2. The minimum atomic E-state index is 0.664. The van der Waals surface area contributed by atoms with Crippen LogP contribution in [0.3, 0.4) is 0 Å². The summed E-state index contributed by atoms with van der Waals surface area (Å²) in [6.07, 6.45) is 0.903. The largest absolute Gasteiger partial charge is 0.497 e. The molecule has 0 aromatic heterocycles. The molecular formula is C16H17BrO2. The lowest BCUT2D eigenvalue weighted by atomic mass is 10.2. The second-order valence-electron chi connectivity index (χ2n) is 4.19. The molecule has 0 saturated heterocycles. The van der Waals surface area contributed by atoms with Gasteiger partial charge >= 0.3 is 0 Å². The molecule has 19 heavy (non-hydrogen) atoms. The summed E-state index contributed by atoms with van der Waals surface area (Å²) in [5.74, 6) is 1.70. The smallest absolute Gasteiger partial charge is 0.127 e. The van der Waals surface area contributed by atoms with Crippen LogP contribution in [-0.2, 0) is 11.8 Å². The SMILES string of the molecule is COc1ccc(CBr)c(OCCc2ccccc2)c1. The monoisotopic (exact) mass is 320 g/mol. The van der Waals surface area contributed by atoms with Gasteiger partial charge in [-0.2, -0.15) is 0 Å². The number of hydrogen-bond donors (Lipinski definition) is 0. The van der Waals surface area contributed by atoms with E-state index in [9.17, 15) is 0 Å². The lowest BCUT2D eigenvalue weighted by Crippen LogP contribution is -2.03. The van der Waals surface area contributed by atoms with Crippen LogP contribution in [-0.4, -0.2) is 13.7 Å². The Kier molecular flexibility index (Phi) is 5.28. The van der Waals surface area contributed by atoms with E-state index in [0.717, 1.165) is 28.8 Å². The second kappa shape index (κ2) is 7.19. The summed E-state index contributed by atoms with van der Waals surface area (Å²) in [7, 11) is 1.66. The third-order valence-electron chi connectivity index (χ3n) is 2.91. The Morgan fingerprint density at radius 3 is 2.53 bits per heavy atom. The molecule has 0 N–H and O–H groups in total. The van der Waals surface area contributed by atoms with Crippen molar-refractivity contribution in [2.75, 3.05) is 13.7 Å². The first kappa shape index (κ1) is 13.9. The van der Waals surface area contributed by atoms with Crippen LogP contribution in [0, 0.1) is 0 Å². The highest BCUT2D eigenvalue weighted by Crippen LogP contribution is 2.26. The molecule has 100 valence electrons. The number of benzene rings is 2. The molecule has 0 fully saturated rings. The van der Waals surface area contributed by atoms with Gasteiger partial charge in [-0.1, -0.05) is 52.3 Å². The zero-order valence-corrected chi connectivity index (χ0v) is 12.5. The van der Waals surface area contributed by atoms with Gasteiger partial charge in [0.15, 0.2) is 0 Å². The summed E-state index contributed by atoms with van der Waals surface area (Å²) in [5.41, 5.74) is 2.42. The van der Waals surface area contributed by atoms with Gasteiger partial charge in [-0.25, -0.2) is 0 Å². The van der Waals surface area contributed by atoms with Crippen LogP contribution in [0.4, 0.5) is 0 Å². The van der Waals surface area contributed by atoms with E-state index in [2.05, 4.69) is 28.1 Å². The van der Waals surface area contributed by atoms with Crippen molar-refractivity contribution in [3.63, 3.8) is 0 Å². The summed E-state index contributed by atoms with van der Waals surface area (Å²) in [6, 6.07) is 16.2. The Morgan fingerprint density at radius 1 is 1.05 bits per heavy atom. The molecule has 0 amide bonds. The average molecular weight is 321 g/mol. The van der Waals surface area contributed by atoms with E-state index in [1.807, 2.05) is 36.4 Å². The van der Waals surface area contributed by atoms with Crippen LogP contribution in [0.1, 0.15) is 11.1 Å². The number of rotatable bonds is 6. The predicted octanol–water partition coefficient (Wildman–Crippen LogP) is 4.21. The summed E-state index contributed by atoms with van der Waals surface area (Å²) in [5, 5.41) is 0.775. The third kappa shape index (κ3) is 4.00. The first-order valence-corrected chi connectivity index (χ1v) is 7.35. The Hall–Kier alpha value is -1.48. The maximum Gasteiger partial charge on any atom is 0.127 e. The van der Waals surface area contributed by atoms with E-state index in [0.29, 0.717) is 6.61 Å². The minimum absolute atomic E-state index is 0.664. The highest BCUT2D eigenvalue weighted by Gasteiger charge is 2.05. The van der Waals surface area contributed by atoms with E-state index < -0.39 is 0 Å². The molecule has 3 heteroatoms. The molecule has 0 spiro atoms. The minimum Gasteiger partial charge on any atom is -0.497 e. The molecule has 0 unspecified atom stereocenters. The van der Waals surface area contributed by atoms with Crippen LogP contribution < -0.4 is 9.47 Å². The van der Waals surface area contributed by atoms with E-state index >= 15 is 0 Å². The quantitative estimate of drug-likeness (QED) is 0.742. The van der Waals surface area contributed by atoms with Gasteiger partial charge in [-0.3, -0.25) is 0 Å². The van der Waals surface area contributed by atoms with Gasteiger partial charge in [0.05, 0.1) is 13.7 Å². The normalized spacial score (nSPS) is 10.2. The Bertz CT molecular complexity index is 511. The van der Waals surface area contributed by atoms with Crippen LogP contribution in [0.2, 0.25) is 0 Å². The topological polar surface area (TPSA) is 18.5 Å². The van der Waals surface area contributed by atoms with Crippen LogP contribution >= 0.6 is 15.9 Å². The predicted molar refractivity (Wildman–Crippen MR) is 81.3 cm³/mol. The van der Waals surface area contributed by atoms with Crippen molar-refractivity contribution in [3.05, 3.63) is 59.7 Å². The van der Waals surface area contributed by atoms with Crippen molar-refractivity contribution in [2.45, 2.75) is 11.8 Å². The summed E-state index contributed by atoms with van der Waals surface area (Å²) < 4.78 is 11.1. The summed E-state index contributed by atoms with van der Waals surface area (Å²) in [6.45, 7) is 0.664. The Labute approximate surface area is 122 Å². The van der Waals surface area contributed by atoms with Gasteiger partial charge in [0.25, 0.3) is 0 Å². The maximum absolute atomic E-state index is 5.86. The fourth-order valence-electron chi connectivity index (χ4n) is 1.83. The molecule has 0 saturated carbocycles. The number of halogens is 1. The van der Waals surface area contributed by atoms with Gasteiger partial charge < -0.3 is 9.47 Å². The van der Waals surface area contributed by atoms with Crippen LogP contribution in [0.15, 0.2) is 48.5 Å². The molecule has 2 rings (SSSR count). The first-order valence-electron chi connectivity index (χ1n) is 6.23. The molecule has 0 atom stereocenters. The van der Waals surface area contributed by atoms with Crippen molar-refractivity contribution < 1.29 is 9.47 Å². The van der Waals surface area contributed by atoms with Gasteiger partial charge in [-0.05, 0) is 11.6 Å². The van der Waals surface area contributed by atoms with E-state index in [1.165, 1.54) is 5.56 Å². The zero-order chi connectivity index (χ0) is 13.5. The molecule has 0 aliphatic heterocycles. The van der Waals surface area contributed by atoms with Crippen LogP contribution in [0.5, 0.6) is 11.5 Å². The summed E-state index contributed by atoms with van der Waals surface area (Å²) >= 11 is 3.47. The molecular weight excluding hydrogens is 304 g/mol. The van der Waals surface area contributed by atoms with Gasteiger partial charge in [-0.15, -0.1) is 0 Å². The average Bonchev–Trinajstić information content (AvgIpc) is 2.48. The molecule has 0 aliphatic carbocycles. The van der Waals surface area contributed by atoms with Crippen molar-refractivity contribution >= 4 is 15.9 Å². The molecule has 0 bridgehead atoms. The zero-order valence-electron chi connectivity index (χ0n) is 10.9. The maximum atomic E-state index is 5.86. The van der Waals surface area contributed by atoms with Crippen molar-refractivity contribution in [2.24, 2.45) is 0 Å². The first-order chi connectivity index (χ1) is 9.33. The van der Waals surface area contributed by atoms with Gasteiger partial charge in [0.1, 0.15) is 11.5 Å². The lowest BCUT2D eigenvalue weighted by molar-refractivity contribution is 0.316. The molecule has 2 aromatic carbocycles. The highest BCUT2D eigenvalue weighted by molar-refractivity contribution is 9.08. The molecule has 2 aromatic rings. The molecule has 0 radical (unpaired) electrons. The Balaban J connectivity index is 1.98. The fraction of sp³-hybridized carbons (Fsp3) is 0.250. The van der Waals surface area contributed by atoms with Crippen molar-refractivity contribution in [1.82, 2.24) is 0 Å². The van der Waals surface area contributed by atoms with Gasteiger partial charge in [0.2, 0.25) is 0 Å². The number of alkyl halides is 1. The molecule has 0 aliphatic rings. The lowest BCUT2D eigenvalue weighted by Gasteiger charge is -2.11. The fourth-order valence-corrected chi connectivity index (χ4v) is 2.29. The standard InChI is InChI=1S/C16H17BrO2/c1-18-15-8-7-14(12-17)16(11-15)19-10-9-13-5-3-2-4-6-13/h2-8,11H,9-10,12H2,1H3. The third-order valence-corrected chi connectivity index (χ3v) is 3.51. The van der Waals surface area contributed by atoms with Crippen molar-refractivity contribution in [1.29, 1.82) is 0 Å². The van der Waals surface area contributed by atoms with E-state index in [1.54, 1.807) is 7.11 Å². The van der Waals surface area contributed by atoms with E-state index in [4.69, 9.17) is 9.47 Å². The molecule has 2 nitrogen and oxygen atoms in total. The summed E-state index contributed by atoms with van der Waals surface area (Å²) in [4.78, 5) is 0.